The summed E-state index contributed by atoms with van der Waals surface area (Å²) in [5.41, 5.74) is 0.822. The molecule has 0 radical (unpaired) electrons. The lowest BCUT2D eigenvalue weighted by Gasteiger charge is -2.14. The van der Waals surface area contributed by atoms with Crippen LogP contribution in [-0.4, -0.2) is 12.4 Å². The maximum atomic E-state index is 12.1. The minimum atomic E-state index is -4.70. The van der Waals surface area contributed by atoms with Gasteiger partial charge in [0.25, 0.3) is 0 Å². The van der Waals surface area contributed by atoms with Crippen molar-refractivity contribution in [3.63, 3.8) is 0 Å². The average molecular weight is 350 g/mol. The number of terminal acetylenes is 1. The van der Waals surface area contributed by atoms with Crippen molar-refractivity contribution in [3.05, 3.63) is 28.2 Å². The lowest BCUT2D eigenvalue weighted by atomic mass is 10.1. The summed E-state index contributed by atoms with van der Waals surface area (Å²) >= 11 is 3.06. The molecule has 0 aliphatic carbocycles. The van der Waals surface area contributed by atoms with Crippen molar-refractivity contribution in [3.8, 4) is 18.1 Å². The van der Waals surface area contributed by atoms with Crippen LogP contribution in [0, 0.1) is 12.3 Å². The third-order valence-corrected chi connectivity index (χ3v) is 3.17. The van der Waals surface area contributed by atoms with Crippen LogP contribution in [-0.2, 0) is 6.54 Å². The average Bonchev–Trinajstić information content (AvgIpc) is 2.36. The molecule has 1 unspecified atom stereocenters. The van der Waals surface area contributed by atoms with E-state index in [-0.39, 0.29) is 16.3 Å². The van der Waals surface area contributed by atoms with E-state index >= 15 is 0 Å². The molecule has 0 bridgehead atoms. The monoisotopic (exact) mass is 349 g/mol. The van der Waals surface area contributed by atoms with E-state index in [9.17, 15) is 13.2 Å². The molecule has 1 aromatic carbocycles. The lowest BCUT2D eigenvalue weighted by Crippen LogP contribution is -2.26. The second-order valence-corrected chi connectivity index (χ2v) is 5.06. The van der Waals surface area contributed by atoms with E-state index < -0.39 is 6.36 Å². The molecule has 0 aromatic heterocycles. The molecule has 2 nitrogen and oxygen atoms in total. The van der Waals surface area contributed by atoms with Gasteiger partial charge in [-0.1, -0.05) is 25.3 Å². The number of hydrogen-bond donors (Lipinski definition) is 1. The molecule has 0 fully saturated rings. The van der Waals surface area contributed by atoms with Gasteiger partial charge in [-0.05, 0) is 40.0 Å². The number of ether oxygens (including phenoxy) is 1. The molecular formula is C14H15BrF3NO. The summed E-state index contributed by atoms with van der Waals surface area (Å²) in [7, 11) is 0. The van der Waals surface area contributed by atoms with E-state index in [4.69, 9.17) is 6.42 Å². The number of halogens is 4. The fraction of sp³-hybridized carbons (Fsp3) is 0.429. The maximum absolute atomic E-state index is 12.1. The molecule has 1 N–H and O–H groups in total. The molecule has 1 aromatic rings. The number of hydrogen-bond acceptors (Lipinski definition) is 2. The van der Waals surface area contributed by atoms with Crippen LogP contribution in [0.25, 0.3) is 0 Å². The Bertz CT molecular complexity index is 482. The first-order valence-corrected chi connectivity index (χ1v) is 6.88. The van der Waals surface area contributed by atoms with Crippen molar-refractivity contribution in [2.75, 3.05) is 0 Å². The summed E-state index contributed by atoms with van der Waals surface area (Å²) < 4.78 is 40.5. The molecule has 0 heterocycles. The molecule has 0 aliphatic heterocycles. The Morgan fingerprint density at radius 3 is 2.65 bits per heavy atom. The van der Waals surface area contributed by atoms with Gasteiger partial charge in [-0.15, -0.1) is 19.6 Å². The maximum Gasteiger partial charge on any atom is 0.573 e. The van der Waals surface area contributed by atoms with Gasteiger partial charge in [-0.2, -0.15) is 0 Å². The summed E-state index contributed by atoms with van der Waals surface area (Å²) in [4.78, 5) is 0. The fourth-order valence-corrected chi connectivity index (χ4v) is 2.14. The second kappa shape index (κ2) is 7.55. The first-order valence-electron chi connectivity index (χ1n) is 6.09. The van der Waals surface area contributed by atoms with E-state index in [2.05, 4.69) is 31.9 Å². The Morgan fingerprint density at radius 1 is 1.45 bits per heavy atom. The van der Waals surface area contributed by atoms with Gasteiger partial charge >= 0.3 is 6.36 Å². The molecule has 20 heavy (non-hydrogen) atoms. The highest BCUT2D eigenvalue weighted by Gasteiger charge is 2.31. The SMILES string of the molecule is C#CC(CCC)NCc1ccc(OC(F)(F)F)c(Br)c1. The number of benzene rings is 1. The van der Waals surface area contributed by atoms with Gasteiger partial charge in [-0.3, -0.25) is 5.32 Å². The molecule has 1 rings (SSSR count). The molecule has 110 valence electrons. The zero-order valence-corrected chi connectivity index (χ0v) is 12.5. The minimum Gasteiger partial charge on any atom is -0.405 e. The summed E-state index contributed by atoms with van der Waals surface area (Å²) in [6.45, 7) is 2.52. The normalized spacial score (nSPS) is 12.8. The third-order valence-electron chi connectivity index (χ3n) is 2.55. The molecule has 0 amide bonds. The number of rotatable bonds is 6. The van der Waals surface area contributed by atoms with E-state index in [0.717, 1.165) is 18.4 Å². The van der Waals surface area contributed by atoms with Crippen molar-refractivity contribution in [2.24, 2.45) is 0 Å². The van der Waals surface area contributed by atoms with Gasteiger partial charge in [0.1, 0.15) is 5.75 Å². The van der Waals surface area contributed by atoms with Crippen molar-refractivity contribution in [1.82, 2.24) is 5.32 Å². The molecule has 0 aliphatic rings. The highest BCUT2D eigenvalue weighted by atomic mass is 79.9. The lowest BCUT2D eigenvalue weighted by molar-refractivity contribution is -0.274. The van der Waals surface area contributed by atoms with Crippen LogP contribution in [0.15, 0.2) is 22.7 Å². The highest BCUT2D eigenvalue weighted by molar-refractivity contribution is 9.10. The predicted octanol–water partition coefficient (Wildman–Crippen LogP) is 4.24. The van der Waals surface area contributed by atoms with Crippen LogP contribution in [0.5, 0.6) is 5.75 Å². The van der Waals surface area contributed by atoms with Gasteiger partial charge in [0.2, 0.25) is 0 Å². The van der Waals surface area contributed by atoms with Crippen molar-refractivity contribution >= 4 is 15.9 Å². The molecule has 1 atom stereocenters. The van der Waals surface area contributed by atoms with Crippen LogP contribution >= 0.6 is 15.9 Å². The van der Waals surface area contributed by atoms with Crippen molar-refractivity contribution in [1.29, 1.82) is 0 Å². The van der Waals surface area contributed by atoms with Crippen LogP contribution in [0.1, 0.15) is 25.3 Å². The minimum absolute atomic E-state index is 0.0372. The van der Waals surface area contributed by atoms with E-state index in [0.29, 0.717) is 6.54 Å². The largest absolute Gasteiger partial charge is 0.573 e. The Labute approximate surface area is 124 Å². The van der Waals surface area contributed by atoms with Crippen LogP contribution in [0.4, 0.5) is 13.2 Å². The van der Waals surface area contributed by atoms with Gasteiger partial charge in [-0.25, -0.2) is 0 Å². The van der Waals surface area contributed by atoms with E-state index in [1.54, 1.807) is 12.1 Å². The molecule has 0 saturated carbocycles. The zero-order valence-electron chi connectivity index (χ0n) is 10.9. The number of nitrogens with one attached hydrogen (secondary N) is 1. The quantitative estimate of drug-likeness (QED) is 0.775. The van der Waals surface area contributed by atoms with Gasteiger partial charge in [0.15, 0.2) is 0 Å². The topological polar surface area (TPSA) is 21.3 Å². The molecule has 6 heteroatoms. The summed E-state index contributed by atoms with van der Waals surface area (Å²) in [5.74, 6) is 2.37. The summed E-state index contributed by atoms with van der Waals surface area (Å²) in [6, 6.07) is 4.38. The Balaban J connectivity index is 2.66. The fourth-order valence-electron chi connectivity index (χ4n) is 1.64. The standard InChI is InChI=1S/C14H15BrF3NO/c1-3-5-11(4-2)19-9-10-6-7-13(12(15)8-10)20-14(16,17)18/h2,6-8,11,19H,3,5,9H2,1H3. The Kier molecular flexibility index (Phi) is 6.37. The predicted molar refractivity (Wildman–Crippen MR) is 75.2 cm³/mol. The summed E-state index contributed by atoms with van der Waals surface area (Å²) in [6.07, 6.45) is 2.50. The molecular weight excluding hydrogens is 335 g/mol. The Morgan fingerprint density at radius 2 is 2.15 bits per heavy atom. The highest BCUT2D eigenvalue weighted by Crippen LogP contribution is 2.31. The van der Waals surface area contributed by atoms with E-state index in [1.807, 2.05) is 6.92 Å². The third kappa shape index (κ3) is 5.85. The molecule has 0 spiro atoms. The first kappa shape index (κ1) is 16.9. The van der Waals surface area contributed by atoms with Gasteiger partial charge in [0, 0.05) is 6.54 Å². The zero-order chi connectivity index (χ0) is 15.2. The first-order chi connectivity index (χ1) is 9.35. The number of alkyl halides is 3. The van der Waals surface area contributed by atoms with Crippen LogP contribution in [0.2, 0.25) is 0 Å². The van der Waals surface area contributed by atoms with Crippen molar-refractivity contribution < 1.29 is 17.9 Å². The second-order valence-electron chi connectivity index (χ2n) is 4.20. The summed E-state index contributed by atoms with van der Waals surface area (Å²) in [5, 5.41) is 3.16. The smallest absolute Gasteiger partial charge is 0.405 e. The van der Waals surface area contributed by atoms with E-state index in [1.165, 1.54) is 6.07 Å². The van der Waals surface area contributed by atoms with Crippen LogP contribution < -0.4 is 10.1 Å². The Hall–Kier alpha value is -1.19. The molecule has 0 saturated heterocycles. The van der Waals surface area contributed by atoms with Crippen LogP contribution in [0.3, 0.4) is 0 Å². The van der Waals surface area contributed by atoms with Crippen molar-refractivity contribution in [2.45, 2.75) is 38.7 Å². The van der Waals surface area contributed by atoms with Gasteiger partial charge < -0.3 is 4.74 Å². The van der Waals surface area contributed by atoms with Gasteiger partial charge in [0.05, 0.1) is 10.5 Å².